The number of nitrogens with one attached hydrogen (secondary N) is 2. The molecule has 2 N–H and O–H groups in total. The number of ether oxygens (including phenoxy) is 1. The van der Waals surface area contributed by atoms with E-state index in [1.54, 1.807) is 7.11 Å². The van der Waals surface area contributed by atoms with Gasteiger partial charge in [-0.15, -0.1) is 0 Å². The zero-order valence-electron chi connectivity index (χ0n) is 14.0. The van der Waals surface area contributed by atoms with Crippen LogP contribution in [0.2, 0.25) is 0 Å². The molecular weight excluding hydrogens is 300 g/mol. The third kappa shape index (κ3) is 3.44. The maximum atomic E-state index is 13.1. The van der Waals surface area contributed by atoms with Gasteiger partial charge in [-0.3, -0.25) is 4.79 Å². The van der Waals surface area contributed by atoms with Gasteiger partial charge in [-0.25, -0.2) is 0 Å². The van der Waals surface area contributed by atoms with Crippen molar-refractivity contribution in [1.29, 1.82) is 0 Å². The Bertz CT molecular complexity index is 662. The van der Waals surface area contributed by atoms with Gasteiger partial charge in [0.25, 0.3) is 0 Å². The number of rotatable bonds is 5. The van der Waals surface area contributed by atoms with Crippen molar-refractivity contribution in [3.8, 4) is 5.75 Å². The van der Waals surface area contributed by atoms with E-state index in [2.05, 4.69) is 22.8 Å². The van der Waals surface area contributed by atoms with E-state index >= 15 is 0 Å². The predicted octanol–water partition coefficient (Wildman–Crippen LogP) is 2.63. The lowest BCUT2D eigenvalue weighted by atomic mass is 9.72. The molecule has 4 heteroatoms. The second kappa shape index (κ2) is 7.49. The molecule has 24 heavy (non-hydrogen) atoms. The first kappa shape index (κ1) is 16.5. The lowest BCUT2D eigenvalue weighted by Gasteiger charge is -2.36. The van der Waals surface area contributed by atoms with Crippen LogP contribution in [-0.4, -0.2) is 26.1 Å². The normalized spacial score (nSPS) is 16.4. The van der Waals surface area contributed by atoms with E-state index in [0.29, 0.717) is 6.54 Å². The van der Waals surface area contributed by atoms with Gasteiger partial charge in [-0.1, -0.05) is 42.5 Å². The molecule has 2 aromatic rings. The molecule has 0 unspecified atom stereocenters. The Labute approximate surface area is 143 Å². The van der Waals surface area contributed by atoms with Crippen LogP contribution in [0.3, 0.4) is 0 Å². The Morgan fingerprint density at radius 3 is 2.38 bits per heavy atom. The van der Waals surface area contributed by atoms with Crippen molar-refractivity contribution < 1.29 is 9.53 Å². The van der Waals surface area contributed by atoms with Crippen molar-refractivity contribution >= 4 is 5.91 Å². The summed E-state index contributed by atoms with van der Waals surface area (Å²) in [5.74, 6) is 0.940. The lowest BCUT2D eigenvalue weighted by Crippen LogP contribution is -2.50. The zero-order chi connectivity index (χ0) is 16.8. The van der Waals surface area contributed by atoms with Crippen LogP contribution >= 0.6 is 0 Å². The second-order valence-electron chi connectivity index (χ2n) is 6.23. The van der Waals surface area contributed by atoms with Gasteiger partial charge < -0.3 is 15.4 Å². The number of carbonyl (C=O) groups excluding carboxylic acids is 1. The van der Waals surface area contributed by atoms with E-state index < -0.39 is 5.41 Å². The van der Waals surface area contributed by atoms with E-state index in [4.69, 9.17) is 4.74 Å². The molecule has 0 atom stereocenters. The molecule has 2 aromatic carbocycles. The van der Waals surface area contributed by atoms with Gasteiger partial charge in [0.2, 0.25) is 5.91 Å². The molecule has 0 saturated carbocycles. The largest absolute Gasteiger partial charge is 0.497 e. The average Bonchev–Trinajstić information content (AvgIpc) is 2.67. The van der Waals surface area contributed by atoms with E-state index in [1.165, 1.54) is 0 Å². The number of carbonyl (C=O) groups is 1. The Balaban J connectivity index is 1.74. The molecule has 0 spiro atoms. The molecule has 1 saturated heterocycles. The van der Waals surface area contributed by atoms with Crippen molar-refractivity contribution in [3.05, 3.63) is 65.7 Å². The smallest absolute Gasteiger partial charge is 0.231 e. The predicted molar refractivity (Wildman–Crippen MR) is 95.1 cm³/mol. The molecule has 3 rings (SSSR count). The molecule has 1 fully saturated rings. The first-order valence-electron chi connectivity index (χ1n) is 8.42. The van der Waals surface area contributed by atoms with Crippen LogP contribution in [0.25, 0.3) is 0 Å². The van der Waals surface area contributed by atoms with E-state index in [9.17, 15) is 4.79 Å². The van der Waals surface area contributed by atoms with Crippen LogP contribution < -0.4 is 15.4 Å². The SMILES string of the molecule is COc1ccc(CNC(=O)C2(c3ccccc3)CCNCC2)cc1. The summed E-state index contributed by atoms with van der Waals surface area (Å²) in [5, 5.41) is 6.49. The number of methoxy groups -OCH3 is 1. The molecule has 0 aliphatic carbocycles. The Kier molecular flexibility index (Phi) is 5.16. The third-order valence-corrected chi connectivity index (χ3v) is 4.83. The highest BCUT2D eigenvalue weighted by molar-refractivity contribution is 5.88. The standard InChI is InChI=1S/C20H24N2O2/c1-24-18-9-7-16(8-10-18)15-22-19(23)20(11-13-21-14-12-20)17-5-3-2-4-6-17/h2-10,21H,11-15H2,1H3,(H,22,23). The molecule has 1 aliphatic rings. The van der Waals surface area contributed by atoms with Crippen molar-refractivity contribution in [1.82, 2.24) is 10.6 Å². The number of amides is 1. The number of hydrogen-bond acceptors (Lipinski definition) is 3. The fourth-order valence-corrected chi connectivity index (χ4v) is 3.35. The summed E-state index contributed by atoms with van der Waals surface area (Å²) in [5.41, 5.74) is 1.75. The van der Waals surface area contributed by atoms with Gasteiger partial charge in [0.15, 0.2) is 0 Å². The maximum Gasteiger partial charge on any atom is 0.231 e. The van der Waals surface area contributed by atoms with Crippen LogP contribution in [-0.2, 0) is 16.8 Å². The average molecular weight is 324 g/mol. The Morgan fingerprint density at radius 1 is 1.08 bits per heavy atom. The molecule has 0 radical (unpaired) electrons. The molecule has 1 aliphatic heterocycles. The van der Waals surface area contributed by atoms with Gasteiger partial charge in [0.1, 0.15) is 5.75 Å². The zero-order valence-corrected chi connectivity index (χ0v) is 14.0. The highest BCUT2D eigenvalue weighted by Crippen LogP contribution is 2.33. The number of hydrogen-bond donors (Lipinski definition) is 2. The summed E-state index contributed by atoms with van der Waals surface area (Å²) in [6, 6.07) is 17.9. The first-order valence-corrected chi connectivity index (χ1v) is 8.42. The molecule has 126 valence electrons. The van der Waals surface area contributed by atoms with Crippen molar-refractivity contribution in [2.45, 2.75) is 24.8 Å². The quantitative estimate of drug-likeness (QED) is 0.889. The second-order valence-corrected chi connectivity index (χ2v) is 6.23. The summed E-state index contributed by atoms with van der Waals surface area (Å²) >= 11 is 0. The van der Waals surface area contributed by atoms with Gasteiger partial charge in [0, 0.05) is 6.54 Å². The van der Waals surface area contributed by atoms with Gasteiger partial charge in [0.05, 0.1) is 12.5 Å². The highest BCUT2D eigenvalue weighted by atomic mass is 16.5. The maximum absolute atomic E-state index is 13.1. The highest BCUT2D eigenvalue weighted by Gasteiger charge is 2.40. The molecule has 0 bridgehead atoms. The summed E-state index contributed by atoms with van der Waals surface area (Å²) in [7, 11) is 1.65. The first-order chi connectivity index (χ1) is 11.7. The Morgan fingerprint density at radius 2 is 1.75 bits per heavy atom. The van der Waals surface area contributed by atoms with Gasteiger partial charge in [-0.2, -0.15) is 0 Å². The molecular formula is C20H24N2O2. The fourth-order valence-electron chi connectivity index (χ4n) is 3.35. The van der Waals surface area contributed by atoms with E-state index in [-0.39, 0.29) is 5.91 Å². The monoisotopic (exact) mass is 324 g/mol. The molecule has 0 aromatic heterocycles. The van der Waals surface area contributed by atoms with Crippen LogP contribution in [0.15, 0.2) is 54.6 Å². The number of piperidine rings is 1. The minimum Gasteiger partial charge on any atom is -0.497 e. The summed E-state index contributed by atoms with van der Waals surface area (Å²) in [4.78, 5) is 13.1. The topological polar surface area (TPSA) is 50.4 Å². The van der Waals surface area contributed by atoms with Crippen LogP contribution in [0, 0.1) is 0 Å². The Hall–Kier alpha value is -2.33. The minimum absolute atomic E-state index is 0.117. The number of benzene rings is 2. The molecule has 1 amide bonds. The van der Waals surface area contributed by atoms with Gasteiger partial charge >= 0.3 is 0 Å². The van der Waals surface area contributed by atoms with Crippen molar-refractivity contribution in [2.75, 3.05) is 20.2 Å². The lowest BCUT2D eigenvalue weighted by molar-refractivity contribution is -0.128. The third-order valence-electron chi connectivity index (χ3n) is 4.83. The summed E-state index contributed by atoms with van der Waals surface area (Å²) in [6.07, 6.45) is 1.65. The minimum atomic E-state index is -0.432. The summed E-state index contributed by atoms with van der Waals surface area (Å²) in [6.45, 7) is 2.26. The van der Waals surface area contributed by atoms with E-state index in [1.807, 2.05) is 42.5 Å². The van der Waals surface area contributed by atoms with Crippen LogP contribution in [0.5, 0.6) is 5.75 Å². The van der Waals surface area contributed by atoms with Crippen molar-refractivity contribution in [3.63, 3.8) is 0 Å². The van der Waals surface area contributed by atoms with Crippen LogP contribution in [0.1, 0.15) is 24.0 Å². The fraction of sp³-hybridized carbons (Fsp3) is 0.350. The van der Waals surface area contributed by atoms with Crippen molar-refractivity contribution in [2.24, 2.45) is 0 Å². The molecule has 1 heterocycles. The summed E-state index contributed by atoms with van der Waals surface area (Å²) < 4.78 is 5.17. The molecule has 4 nitrogen and oxygen atoms in total. The van der Waals surface area contributed by atoms with E-state index in [0.717, 1.165) is 42.8 Å². The van der Waals surface area contributed by atoms with Gasteiger partial charge in [-0.05, 0) is 49.2 Å². The van der Waals surface area contributed by atoms with Crippen LogP contribution in [0.4, 0.5) is 0 Å².